The van der Waals surface area contributed by atoms with Crippen molar-refractivity contribution in [2.24, 2.45) is 0 Å². The molecule has 1 unspecified atom stereocenters. The Morgan fingerprint density at radius 2 is 1.24 bits per heavy atom. The highest BCUT2D eigenvalue weighted by atomic mass is 16.5. The van der Waals surface area contributed by atoms with E-state index in [1.807, 2.05) is 84.9 Å². The van der Waals surface area contributed by atoms with Crippen molar-refractivity contribution in [1.29, 1.82) is 0 Å². The molecule has 2 heteroatoms. The molecule has 4 aromatic rings. The Labute approximate surface area is 195 Å². The van der Waals surface area contributed by atoms with Gasteiger partial charge in [0.05, 0.1) is 0 Å². The number of ketones is 1. The van der Waals surface area contributed by atoms with Gasteiger partial charge in [0.1, 0.15) is 11.4 Å². The van der Waals surface area contributed by atoms with Crippen LogP contribution in [0.4, 0.5) is 0 Å². The molecule has 4 aromatic carbocycles. The number of benzene rings is 4. The SMILES string of the molecule is O=C(C1=C(c2ccccc2)OC(CCc2ccccc2)(c2ccccc2)C1)c1ccccc1. The van der Waals surface area contributed by atoms with Crippen LogP contribution in [0.5, 0.6) is 0 Å². The van der Waals surface area contributed by atoms with Crippen LogP contribution < -0.4 is 0 Å². The summed E-state index contributed by atoms with van der Waals surface area (Å²) in [5, 5.41) is 0. The van der Waals surface area contributed by atoms with Crippen molar-refractivity contribution in [2.75, 3.05) is 0 Å². The first-order valence-corrected chi connectivity index (χ1v) is 11.4. The Balaban J connectivity index is 1.58. The van der Waals surface area contributed by atoms with E-state index in [1.54, 1.807) is 0 Å². The lowest BCUT2D eigenvalue weighted by atomic mass is 9.82. The molecular formula is C31H26O2. The number of ether oxygens (including phenoxy) is 1. The molecule has 0 N–H and O–H groups in total. The number of carbonyl (C=O) groups excluding carboxylic acids is 1. The van der Waals surface area contributed by atoms with Gasteiger partial charge in [0, 0.05) is 23.1 Å². The molecule has 33 heavy (non-hydrogen) atoms. The molecule has 0 aliphatic carbocycles. The predicted octanol–water partition coefficient (Wildman–Crippen LogP) is 7.23. The molecule has 1 aliphatic rings. The number of carbonyl (C=O) groups is 1. The van der Waals surface area contributed by atoms with Crippen molar-refractivity contribution < 1.29 is 9.53 Å². The van der Waals surface area contributed by atoms with Crippen LogP contribution in [0.25, 0.3) is 5.76 Å². The topological polar surface area (TPSA) is 26.3 Å². The number of aryl methyl sites for hydroxylation is 1. The van der Waals surface area contributed by atoms with E-state index < -0.39 is 5.60 Å². The van der Waals surface area contributed by atoms with Crippen LogP contribution in [0.2, 0.25) is 0 Å². The summed E-state index contributed by atoms with van der Waals surface area (Å²) in [4.78, 5) is 13.7. The van der Waals surface area contributed by atoms with Crippen molar-refractivity contribution in [3.8, 4) is 0 Å². The van der Waals surface area contributed by atoms with Gasteiger partial charge >= 0.3 is 0 Å². The fraction of sp³-hybridized carbons (Fsp3) is 0.129. The highest BCUT2D eigenvalue weighted by molar-refractivity contribution is 6.13. The van der Waals surface area contributed by atoms with Crippen molar-refractivity contribution in [3.05, 3.63) is 149 Å². The first-order chi connectivity index (χ1) is 16.3. The van der Waals surface area contributed by atoms with Crippen LogP contribution in [-0.2, 0) is 16.8 Å². The highest BCUT2D eigenvalue weighted by Gasteiger charge is 2.44. The summed E-state index contributed by atoms with van der Waals surface area (Å²) in [5.74, 6) is 0.730. The molecule has 162 valence electrons. The zero-order valence-corrected chi connectivity index (χ0v) is 18.5. The molecular weight excluding hydrogens is 404 g/mol. The van der Waals surface area contributed by atoms with Crippen LogP contribution >= 0.6 is 0 Å². The number of rotatable bonds is 7. The minimum Gasteiger partial charge on any atom is -0.481 e. The van der Waals surface area contributed by atoms with Gasteiger partial charge in [-0.1, -0.05) is 121 Å². The second-order valence-corrected chi connectivity index (χ2v) is 8.49. The number of hydrogen-bond acceptors (Lipinski definition) is 2. The lowest BCUT2D eigenvalue weighted by Crippen LogP contribution is -2.27. The molecule has 5 rings (SSSR count). The van der Waals surface area contributed by atoms with E-state index in [9.17, 15) is 4.79 Å². The van der Waals surface area contributed by atoms with Gasteiger partial charge in [-0.3, -0.25) is 4.79 Å². The van der Waals surface area contributed by atoms with E-state index in [1.165, 1.54) is 5.56 Å². The van der Waals surface area contributed by atoms with Gasteiger partial charge in [-0.15, -0.1) is 0 Å². The zero-order chi connectivity index (χ0) is 22.5. The second-order valence-electron chi connectivity index (χ2n) is 8.49. The quantitative estimate of drug-likeness (QED) is 0.289. The average molecular weight is 431 g/mol. The van der Waals surface area contributed by atoms with E-state index in [0.29, 0.717) is 17.7 Å². The van der Waals surface area contributed by atoms with Crippen LogP contribution in [-0.4, -0.2) is 5.78 Å². The van der Waals surface area contributed by atoms with Gasteiger partial charge in [-0.25, -0.2) is 0 Å². The molecule has 0 bridgehead atoms. The molecule has 0 aromatic heterocycles. The maximum Gasteiger partial charge on any atom is 0.192 e. The summed E-state index contributed by atoms with van der Waals surface area (Å²) >= 11 is 0. The minimum atomic E-state index is -0.595. The maximum absolute atomic E-state index is 13.7. The fourth-order valence-electron chi connectivity index (χ4n) is 4.61. The molecule has 0 fully saturated rings. The summed E-state index contributed by atoms with van der Waals surface area (Å²) in [6, 6.07) is 40.3. The van der Waals surface area contributed by atoms with Gasteiger partial charge in [-0.2, -0.15) is 0 Å². The Bertz CT molecular complexity index is 1250. The standard InChI is InChI=1S/C31H26O2/c32-29(25-15-7-2-8-16-25)28-23-31(27-19-11-4-12-20-27,22-21-24-13-5-1-6-14-24)33-30(28)26-17-9-3-10-18-26/h1-20H,21-23H2. The molecule has 0 amide bonds. The average Bonchev–Trinajstić information content (AvgIpc) is 3.30. The molecule has 0 saturated heterocycles. The van der Waals surface area contributed by atoms with Crippen LogP contribution in [0.1, 0.15) is 39.9 Å². The summed E-state index contributed by atoms with van der Waals surface area (Å²) in [7, 11) is 0. The third kappa shape index (κ3) is 4.38. The predicted molar refractivity (Wildman–Crippen MR) is 133 cm³/mol. The number of hydrogen-bond donors (Lipinski definition) is 0. The summed E-state index contributed by atoms with van der Waals surface area (Å²) in [6.07, 6.45) is 2.19. The smallest absolute Gasteiger partial charge is 0.192 e. The van der Waals surface area contributed by atoms with Crippen LogP contribution in [0.15, 0.2) is 127 Å². The molecule has 2 nitrogen and oxygen atoms in total. The molecule has 1 atom stereocenters. The van der Waals surface area contributed by atoms with E-state index in [-0.39, 0.29) is 5.78 Å². The monoisotopic (exact) mass is 430 g/mol. The molecule has 0 saturated carbocycles. The van der Waals surface area contributed by atoms with Gasteiger partial charge in [0.15, 0.2) is 5.78 Å². The molecule has 0 spiro atoms. The largest absolute Gasteiger partial charge is 0.481 e. The van der Waals surface area contributed by atoms with E-state index in [4.69, 9.17) is 4.74 Å². The summed E-state index contributed by atoms with van der Waals surface area (Å²) < 4.78 is 6.86. The number of Topliss-reactive ketones (excluding diaryl/α,β-unsaturated/α-hetero) is 1. The van der Waals surface area contributed by atoms with E-state index >= 15 is 0 Å². The van der Waals surface area contributed by atoms with E-state index in [2.05, 4.69) is 36.4 Å². The highest BCUT2D eigenvalue weighted by Crippen LogP contribution is 2.49. The van der Waals surface area contributed by atoms with Gasteiger partial charge < -0.3 is 4.74 Å². The lowest BCUT2D eigenvalue weighted by molar-refractivity contribution is 0.0472. The first-order valence-electron chi connectivity index (χ1n) is 11.4. The lowest BCUT2D eigenvalue weighted by Gasteiger charge is -2.31. The molecule has 1 heterocycles. The Kier molecular flexibility index (Phi) is 5.91. The Morgan fingerprint density at radius 3 is 1.88 bits per heavy atom. The van der Waals surface area contributed by atoms with Crippen molar-refractivity contribution in [2.45, 2.75) is 24.9 Å². The third-order valence-electron chi connectivity index (χ3n) is 6.34. The second kappa shape index (κ2) is 9.30. The molecule has 0 radical (unpaired) electrons. The van der Waals surface area contributed by atoms with E-state index in [0.717, 1.165) is 29.5 Å². The van der Waals surface area contributed by atoms with Crippen molar-refractivity contribution in [1.82, 2.24) is 0 Å². The first kappa shape index (κ1) is 21.0. The summed E-state index contributed by atoms with van der Waals surface area (Å²) in [5.41, 5.74) is 4.14. The Hall–Kier alpha value is -3.91. The fourth-order valence-corrected chi connectivity index (χ4v) is 4.61. The van der Waals surface area contributed by atoms with Crippen LogP contribution in [0.3, 0.4) is 0 Å². The Morgan fingerprint density at radius 1 is 0.697 bits per heavy atom. The summed E-state index contributed by atoms with van der Waals surface area (Å²) in [6.45, 7) is 0. The van der Waals surface area contributed by atoms with Crippen molar-refractivity contribution >= 4 is 11.5 Å². The third-order valence-corrected chi connectivity index (χ3v) is 6.34. The molecule has 1 aliphatic heterocycles. The zero-order valence-electron chi connectivity index (χ0n) is 18.5. The normalized spacial score (nSPS) is 17.6. The van der Waals surface area contributed by atoms with Gasteiger partial charge in [0.25, 0.3) is 0 Å². The van der Waals surface area contributed by atoms with Crippen molar-refractivity contribution in [3.63, 3.8) is 0 Å². The maximum atomic E-state index is 13.7. The van der Waals surface area contributed by atoms with Gasteiger partial charge in [-0.05, 0) is 24.0 Å². The van der Waals surface area contributed by atoms with Crippen LogP contribution in [0, 0.1) is 0 Å². The van der Waals surface area contributed by atoms with Gasteiger partial charge in [0.2, 0.25) is 0 Å². The minimum absolute atomic E-state index is 0.0342.